The molecule has 4 heteroatoms. The van der Waals surface area contributed by atoms with Gasteiger partial charge in [0, 0.05) is 19.8 Å². The summed E-state index contributed by atoms with van der Waals surface area (Å²) in [6.45, 7) is 2.06. The molecule has 17 heavy (non-hydrogen) atoms. The predicted molar refractivity (Wildman–Crippen MR) is 71.9 cm³/mol. The van der Waals surface area contributed by atoms with E-state index >= 15 is 0 Å². The molecule has 1 N–H and O–H groups in total. The van der Waals surface area contributed by atoms with E-state index in [4.69, 9.17) is 0 Å². The molecule has 1 unspecified atom stereocenters. The lowest BCUT2D eigenvalue weighted by Gasteiger charge is -2.10. The van der Waals surface area contributed by atoms with Crippen LogP contribution in [0.3, 0.4) is 0 Å². The van der Waals surface area contributed by atoms with E-state index in [0.717, 1.165) is 15.8 Å². The molecule has 1 heterocycles. The van der Waals surface area contributed by atoms with Crippen molar-refractivity contribution in [3.63, 3.8) is 0 Å². The lowest BCUT2D eigenvalue weighted by Crippen LogP contribution is -2.00. The Bertz CT molecular complexity index is 524. The molecule has 0 bridgehead atoms. The van der Waals surface area contributed by atoms with E-state index in [2.05, 4.69) is 22.9 Å². The van der Waals surface area contributed by atoms with Crippen LogP contribution >= 0.6 is 27.3 Å². The average Bonchev–Trinajstić information content (AvgIpc) is 2.80. The van der Waals surface area contributed by atoms with Crippen LogP contribution in [-0.2, 0) is 6.42 Å². The fraction of sp³-hybridized carbons (Fsp3) is 0.231. The molecule has 0 fully saturated rings. The molecule has 1 aromatic heterocycles. The van der Waals surface area contributed by atoms with Gasteiger partial charge < -0.3 is 5.11 Å². The molecule has 0 radical (unpaired) electrons. The van der Waals surface area contributed by atoms with Gasteiger partial charge in [-0.05, 0) is 36.8 Å². The maximum Gasteiger partial charge on any atom is 0.129 e. The highest BCUT2D eigenvalue weighted by Gasteiger charge is 2.17. The molecule has 0 aliphatic rings. The van der Waals surface area contributed by atoms with Gasteiger partial charge in [-0.25, -0.2) is 4.39 Å². The molecule has 0 aliphatic heterocycles. The summed E-state index contributed by atoms with van der Waals surface area (Å²) in [5.41, 5.74) is 0.309. The SMILES string of the molecule is CCc1ccc(C(O)c2cc(Br)ccc2F)s1. The van der Waals surface area contributed by atoms with Crippen molar-refractivity contribution in [2.24, 2.45) is 0 Å². The molecule has 0 aliphatic carbocycles. The largest absolute Gasteiger partial charge is 0.383 e. The lowest BCUT2D eigenvalue weighted by molar-refractivity contribution is 0.218. The standard InChI is InChI=1S/C13H12BrFOS/c1-2-9-4-6-12(17-9)13(16)10-7-8(14)3-5-11(10)15/h3-7,13,16H,2H2,1H3. The summed E-state index contributed by atoms with van der Waals surface area (Å²) in [6, 6.07) is 8.42. The van der Waals surface area contributed by atoms with Crippen molar-refractivity contribution in [3.8, 4) is 0 Å². The number of aryl methyl sites for hydroxylation is 1. The van der Waals surface area contributed by atoms with Gasteiger partial charge in [0.25, 0.3) is 0 Å². The molecule has 0 saturated carbocycles. The van der Waals surface area contributed by atoms with Gasteiger partial charge in [0.05, 0.1) is 0 Å². The fourth-order valence-electron chi connectivity index (χ4n) is 1.61. The third-order valence-corrected chi connectivity index (χ3v) is 4.33. The predicted octanol–water partition coefficient (Wildman–Crippen LogP) is 4.29. The fourth-order valence-corrected chi connectivity index (χ4v) is 2.95. The third-order valence-electron chi connectivity index (χ3n) is 2.55. The summed E-state index contributed by atoms with van der Waals surface area (Å²) >= 11 is 4.80. The first-order valence-corrected chi connectivity index (χ1v) is 6.94. The van der Waals surface area contributed by atoms with Gasteiger partial charge in [-0.15, -0.1) is 11.3 Å². The van der Waals surface area contributed by atoms with Gasteiger partial charge in [-0.2, -0.15) is 0 Å². The molecule has 0 saturated heterocycles. The van der Waals surface area contributed by atoms with Crippen LogP contribution in [0, 0.1) is 5.82 Å². The Balaban J connectivity index is 2.35. The molecule has 1 aromatic carbocycles. The monoisotopic (exact) mass is 314 g/mol. The highest BCUT2D eigenvalue weighted by molar-refractivity contribution is 9.10. The molecular formula is C13H12BrFOS. The van der Waals surface area contributed by atoms with E-state index in [9.17, 15) is 9.50 Å². The van der Waals surface area contributed by atoms with Crippen molar-refractivity contribution in [1.82, 2.24) is 0 Å². The van der Waals surface area contributed by atoms with E-state index in [0.29, 0.717) is 5.56 Å². The van der Waals surface area contributed by atoms with E-state index in [1.54, 1.807) is 12.1 Å². The zero-order chi connectivity index (χ0) is 12.4. The minimum Gasteiger partial charge on any atom is -0.383 e. The van der Waals surface area contributed by atoms with E-state index in [1.807, 2.05) is 12.1 Å². The second-order valence-corrected chi connectivity index (χ2v) is 5.84. The summed E-state index contributed by atoms with van der Waals surface area (Å²) < 4.78 is 14.4. The first-order chi connectivity index (χ1) is 8.11. The minimum absolute atomic E-state index is 0.309. The minimum atomic E-state index is -0.891. The van der Waals surface area contributed by atoms with E-state index in [-0.39, 0.29) is 5.82 Å². The number of benzene rings is 1. The summed E-state index contributed by atoms with van der Waals surface area (Å²) in [5, 5.41) is 10.2. The Labute approximate surface area is 112 Å². The number of aliphatic hydroxyl groups excluding tert-OH is 1. The normalized spacial score (nSPS) is 12.7. The number of halogens is 2. The molecule has 90 valence electrons. The van der Waals surface area contributed by atoms with Crippen LogP contribution in [0.25, 0.3) is 0 Å². The molecule has 2 aromatic rings. The van der Waals surface area contributed by atoms with Crippen molar-refractivity contribution < 1.29 is 9.50 Å². The highest BCUT2D eigenvalue weighted by atomic mass is 79.9. The first kappa shape index (κ1) is 12.7. The Hall–Kier alpha value is -0.710. The Morgan fingerprint density at radius 3 is 2.76 bits per heavy atom. The van der Waals surface area contributed by atoms with Crippen molar-refractivity contribution in [3.05, 3.63) is 55.9 Å². The van der Waals surface area contributed by atoms with Gasteiger partial charge in [-0.1, -0.05) is 22.9 Å². The second kappa shape index (κ2) is 5.29. The van der Waals surface area contributed by atoms with Crippen molar-refractivity contribution in [2.75, 3.05) is 0 Å². The van der Waals surface area contributed by atoms with E-state index in [1.165, 1.54) is 22.3 Å². The molecule has 1 atom stereocenters. The second-order valence-electron chi connectivity index (χ2n) is 3.73. The van der Waals surface area contributed by atoms with Crippen molar-refractivity contribution in [1.29, 1.82) is 0 Å². The molecule has 2 rings (SSSR count). The first-order valence-electron chi connectivity index (χ1n) is 5.33. The topological polar surface area (TPSA) is 20.2 Å². The maximum atomic E-state index is 13.6. The van der Waals surface area contributed by atoms with E-state index < -0.39 is 6.10 Å². The molecular weight excluding hydrogens is 303 g/mol. The Morgan fingerprint density at radius 2 is 2.12 bits per heavy atom. The zero-order valence-electron chi connectivity index (χ0n) is 9.28. The Morgan fingerprint density at radius 1 is 1.35 bits per heavy atom. The number of aliphatic hydroxyl groups is 1. The number of hydrogen-bond donors (Lipinski definition) is 1. The van der Waals surface area contributed by atoms with Crippen molar-refractivity contribution >= 4 is 27.3 Å². The van der Waals surface area contributed by atoms with Gasteiger partial charge in [0.15, 0.2) is 0 Å². The van der Waals surface area contributed by atoms with Crippen LogP contribution in [0.5, 0.6) is 0 Å². The maximum absolute atomic E-state index is 13.6. The quantitative estimate of drug-likeness (QED) is 0.895. The molecule has 1 nitrogen and oxygen atoms in total. The van der Waals surface area contributed by atoms with Crippen LogP contribution in [0.1, 0.15) is 28.3 Å². The number of rotatable bonds is 3. The van der Waals surface area contributed by atoms with Gasteiger partial charge in [-0.3, -0.25) is 0 Å². The van der Waals surface area contributed by atoms with Crippen LogP contribution in [0.2, 0.25) is 0 Å². The molecule has 0 spiro atoms. The smallest absolute Gasteiger partial charge is 0.129 e. The summed E-state index contributed by atoms with van der Waals surface area (Å²) in [5.74, 6) is -0.382. The molecule has 0 amide bonds. The van der Waals surface area contributed by atoms with Crippen molar-refractivity contribution in [2.45, 2.75) is 19.4 Å². The zero-order valence-corrected chi connectivity index (χ0v) is 11.7. The third kappa shape index (κ3) is 2.76. The summed E-state index contributed by atoms with van der Waals surface area (Å²) in [6.07, 6.45) is 0.0380. The van der Waals surface area contributed by atoms with Crippen LogP contribution in [0.15, 0.2) is 34.8 Å². The lowest BCUT2D eigenvalue weighted by atomic mass is 10.1. The van der Waals surface area contributed by atoms with Gasteiger partial charge in [0.1, 0.15) is 11.9 Å². The van der Waals surface area contributed by atoms with Crippen LogP contribution in [-0.4, -0.2) is 5.11 Å². The number of thiophene rings is 1. The van der Waals surface area contributed by atoms with Crippen LogP contribution < -0.4 is 0 Å². The summed E-state index contributed by atoms with van der Waals surface area (Å²) in [7, 11) is 0. The summed E-state index contributed by atoms with van der Waals surface area (Å²) in [4.78, 5) is 1.97. The Kier molecular flexibility index (Phi) is 3.97. The van der Waals surface area contributed by atoms with Gasteiger partial charge >= 0.3 is 0 Å². The van der Waals surface area contributed by atoms with Crippen LogP contribution in [0.4, 0.5) is 4.39 Å². The average molecular weight is 315 g/mol. The van der Waals surface area contributed by atoms with Gasteiger partial charge in [0.2, 0.25) is 0 Å². The number of hydrogen-bond acceptors (Lipinski definition) is 2. The highest BCUT2D eigenvalue weighted by Crippen LogP contribution is 2.31.